The van der Waals surface area contributed by atoms with Crippen molar-refractivity contribution < 1.29 is 165 Å². The van der Waals surface area contributed by atoms with Gasteiger partial charge in [-0.3, -0.25) is 9.59 Å². The summed E-state index contributed by atoms with van der Waals surface area (Å²) < 4.78 is 185. The zero-order valence-corrected chi connectivity index (χ0v) is 45.5. The fraction of sp³-hybridized carbons (Fsp3) is 0.714. The molecule has 476 valence electrons. The topological polar surface area (TPSA) is 662 Å². The van der Waals surface area contributed by atoms with E-state index in [0.717, 1.165) is 13.8 Å². The van der Waals surface area contributed by atoms with Crippen LogP contribution in [-0.4, -0.2) is 226 Å². The highest BCUT2D eigenvalue weighted by atomic mass is 32.3. The van der Waals surface area contributed by atoms with Gasteiger partial charge in [0.2, 0.25) is 18.1 Å². The minimum atomic E-state index is -5.63. The number of nitrogens with one attached hydrogen (secondary N) is 2. The van der Waals surface area contributed by atoms with Crippen LogP contribution < -0.4 is 55.5 Å². The van der Waals surface area contributed by atoms with Crippen molar-refractivity contribution in [2.45, 2.75) is 137 Å². The minimum Gasteiger partial charge on any atom is -0.497 e. The molecule has 83 heavy (non-hydrogen) atoms. The molecule has 1 aromatic rings. The van der Waals surface area contributed by atoms with Crippen LogP contribution >= 0.6 is 0 Å². The van der Waals surface area contributed by atoms with E-state index in [1.165, 1.54) is 31.4 Å². The summed E-state index contributed by atoms with van der Waals surface area (Å²) in [5.41, 5.74) is 0. The lowest BCUT2D eigenvalue weighted by molar-refractivity contribution is -0.367. The van der Waals surface area contributed by atoms with Gasteiger partial charge in [-0.15, -0.1) is 0 Å². The van der Waals surface area contributed by atoms with Crippen LogP contribution in [0.1, 0.15) is 13.8 Å². The molecule has 4 aliphatic rings. The van der Waals surface area contributed by atoms with E-state index in [4.69, 9.17) is 84.7 Å². The molecule has 19 N–H and O–H groups in total. The number of ether oxygens (including phenoxy) is 9. The van der Waals surface area contributed by atoms with E-state index in [2.05, 4.69) is 47.5 Å². The quantitative estimate of drug-likeness (QED) is 0.0364. The molecule has 0 radical (unpaired) electrons. The van der Waals surface area contributed by atoms with Gasteiger partial charge in [0, 0.05) is 13.8 Å². The fourth-order valence-corrected chi connectivity index (χ4v) is 9.86. The number of nitrogens with two attached hydrogens (primary N) is 6. The lowest BCUT2D eigenvalue weighted by atomic mass is 9.94. The number of aliphatic hydroxyl groups excluding tert-OH is 5. The summed E-state index contributed by atoms with van der Waals surface area (Å²) >= 11 is 0. The van der Waals surface area contributed by atoms with Gasteiger partial charge in [-0.2, -0.15) is 86.2 Å². The van der Waals surface area contributed by atoms with Crippen LogP contribution in [0.25, 0.3) is 0 Å². The summed E-state index contributed by atoms with van der Waals surface area (Å²) in [4.78, 5) is 60.5. The number of hydrogen-bond donors (Lipinski definition) is 13. The smallest absolute Gasteiger partial charge is 0.416 e. The molecule has 1 aromatic carbocycles. The summed E-state index contributed by atoms with van der Waals surface area (Å²) in [5.74, 6) is 24.1. The monoisotopic (exact) mass is 1290 g/mol. The molecule has 4 heterocycles. The molecule has 4 fully saturated rings. The van der Waals surface area contributed by atoms with Crippen LogP contribution in [0.3, 0.4) is 0 Å². The summed E-state index contributed by atoms with van der Waals surface area (Å²) in [6.45, 7) is -1.10. The van der Waals surface area contributed by atoms with Crippen LogP contribution in [0.4, 0.5) is 0 Å². The van der Waals surface area contributed by atoms with Crippen molar-refractivity contribution >= 4 is 65.3 Å². The SMILES string of the molecule is COc1ccc(O[C@@H]2OC(C(=O)ON)[C@H](OC3OC(COS(=O)(=O)ON)[C@@H](O[C@@H]4OC(C(=O)ON)[C@@H](OC5OC(COS(=O)(=O)ON)[C@@H](O)[C@H](O)C5NC(C)=O)[C@@H](O)C4OS(=O)(=O)ON)[C@H](O)C3NC(C)=O)[C@@H](O)C2OS(=O)(=O)ON)cc1. The highest BCUT2D eigenvalue weighted by molar-refractivity contribution is 7.82. The Morgan fingerprint density at radius 1 is 0.482 bits per heavy atom. The summed E-state index contributed by atoms with van der Waals surface area (Å²) in [6, 6.07) is 0.924. The summed E-state index contributed by atoms with van der Waals surface area (Å²) in [6.07, 6.45) is -44.4. The molecule has 44 nitrogen and oxygen atoms in total. The van der Waals surface area contributed by atoms with Crippen molar-refractivity contribution in [1.29, 1.82) is 0 Å². The second-order valence-corrected chi connectivity index (χ2v) is 21.9. The average Bonchev–Trinajstić information content (AvgIpc) is 2.49. The summed E-state index contributed by atoms with van der Waals surface area (Å²) in [5, 5.41) is 62.1. The maximum absolute atomic E-state index is 13.5. The molecule has 0 spiro atoms. The van der Waals surface area contributed by atoms with E-state index in [9.17, 15) is 78.4 Å². The van der Waals surface area contributed by atoms with Crippen molar-refractivity contribution in [1.82, 2.24) is 10.6 Å². The maximum Gasteiger partial charge on any atom is 0.416 e. The first-order chi connectivity index (χ1) is 38.8. The molecule has 10 unspecified atom stereocenters. The number of rotatable bonds is 27. The second kappa shape index (κ2) is 29.2. The predicted octanol–water partition coefficient (Wildman–Crippen LogP) is -11.9. The van der Waals surface area contributed by atoms with E-state index in [0.29, 0.717) is 0 Å². The van der Waals surface area contributed by atoms with Crippen LogP contribution in [0, 0.1) is 0 Å². The van der Waals surface area contributed by atoms with Crippen molar-refractivity contribution in [2.75, 3.05) is 20.3 Å². The third-order valence-corrected chi connectivity index (χ3v) is 14.4. The van der Waals surface area contributed by atoms with Gasteiger partial charge in [-0.1, -0.05) is 0 Å². The Balaban J connectivity index is 1.59. The lowest BCUT2D eigenvalue weighted by Gasteiger charge is -2.50. The highest BCUT2D eigenvalue weighted by Gasteiger charge is 2.60. The van der Waals surface area contributed by atoms with Gasteiger partial charge >= 0.3 is 53.5 Å². The Kier molecular flexibility index (Phi) is 24.4. The van der Waals surface area contributed by atoms with Gasteiger partial charge in [0.1, 0.15) is 84.6 Å². The number of methoxy groups -OCH3 is 1. The molecule has 0 aromatic heterocycles. The first-order valence-electron chi connectivity index (χ1n) is 22.6. The molecule has 5 rings (SSSR count). The molecule has 20 atom stereocenters. The molecular weight excluding hydrogens is 1240 g/mol. The van der Waals surface area contributed by atoms with Gasteiger partial charge in [0.25, 0.3) is 0 Å². The Morgan fingerprint density at radius 3 is 1.29 bits per heavy atom. The van der Waals surface area contributed by atoms with E-state index in [1.807, 2.05) is 0 Å². The first kappa shape index (κ1) is 69.2. The number of benzene rings is 1. The molecule has 4 saturated heterocycles. The lowest BCUT2D eigenvalue weighted by Crippen LogP contribution is -2.71. The minimum absolute atomic E-state index is 0.175. The number of carbonyl (C=O) groups is 4. The third-order valence-electron chi connectivity index (χ3n) is 11.7. The normalized spacial score (nSPS) is 34.4. The van der Waals surface area contributed by atoms with Gasteiger partial charge in [-0.05, 0) is 24.3 Å². The zero-order chi connectivity index (χ0) is 62.1. The van der Waals surface area contributed by atoms with Gasteiger partial charge in [0.05, 0.1) is 20.3 Å². The maximum atomic E-state index is 13.5. The fourth-order valence-electron chi connectivity index (χ4n) is 8.11. The van der Waals surface area contributed by atoms with Crippen LogP contribution in [-0.2, 0) is 137 Å². The standard InChI is InChI=1S/C35H56N8O36S4/c1-10(44)42-16-19(47)18(46)14(8-62-80(53,54)76-38)65-32(16)68-25-22(50)27(75-83(59,60)79-41)35(71-29(25)31(52)73-37)67-23-15(9-63-81(55,56)77-39)66-33(17(20(23)48)43-11(2)45)69-24-21(49)26(74-82(57,58)78-40)34(70-28(24)30(51)72-36)64-13-6-4-12(61-3)5-7-13/h4-7,14-29,32-35,46-50H,8-9,36-41H2,1-3H3,(H,42,44)(H,43,45)/t14?,15?,16?,17?,18-,19-,20-,21-,22-,23-,24-,25+,26?,27?,28?,29?,32?,33?,34-,35-/m1/s1. The van der Waals surface area contributed by atoms with Gasteiger partial charge in [-0.25, -0.2) is 26.3 Å². The average molecular weight is 1290 g/mol. The molecule has 2 amide bonds. The first-order valence-corrected chi connectivity index (χ1v) is 28.0. The van der Waals surface area contributed by atoms with E-state index in [1.54, 1.807) is 0 Å². The Hall–Kier alpha value is -4.54. The second-order valence-electron chi connectivity index (χ2n) is 17.0. The van der Waals surface area contributed by atoms with Crippen molar-refractivity contribution in [2.24, 2.45) is 35.4 Å². The number of hydrogen-bond acceptors (Lipinski definition) is 42. The number of amides is 2. The molecular formula is C35H56N8O36S4. The van der Waals surface area contributed by atoms with Gasteiger partial charge in [0.15, 0.2) is 43.3 Å². The van der Waals surface area contributed by atoms with Crippen LogP contribution in [0.5, 0.6) is 11.5 Å². The largest absolute Gasteiger partial charge is 0.497 e. The number of carbonyl (C=O) groups excluding carboxylic acids is 4. The Bertz CT molecular complexity index is 2830. The summed E-state index contributed by atoms with van der Waals surface area (Å²) in [7, 11) is -20.0. The van der Waals surface area contributed by atoms with Gasteiger partial charge < -0.3 is 88.5 Å². The van der Waals surface area contributed by atoms with E-state index < -0.39 is 201 Å². The van der Waals surface area contributed by atoms with Crippen molar-refractivity contribution in [3.05, 3.63) is 24.3 Å². The molecule has 4 aliphatic heterocycles. The molecule has 0 saturated carbocycles. The zero-order valence-electron chi connectivity index (χ0n) is 42.3. The molecule has 48 heteroatoms. The highest BCUT2D eigenvalue weighted by Crippen LogP contribution is 2.38. The van der Waals surface area contributed by atoms with Crippen molar-refractivity contribution in [3.8, 4) is 11.5 Å². The predicted molar refractivity (Wildman–Crippen MR) is 247 cm³/mol. The van der Waals surface area contributed by atoms with Crippen LogP contribution in [0.2, 0.25) is 0 Å². The number of aliphatic hydroxyl groups is 5. The Labute approximate surface area is 467 Å². The Morgan fingerprint density at radius 2 is 0.867 bits per heavy atom. The van der Waals surface area contributed by atoms with E-state index >= 15 is 0 Å². The van der Waals surface area contributed by atoms with Crippen molar-refractivity contribution in [3.63, 3.8) is 0 Å². The van der Waals surface area contributed by atoms with Crippen LogP contribution in [0.15, 0.2) is 24.3 Å². The third kappa shape index (κ3) is 17.8. The molecule has 0 bridgehead atoms. The van der Waals surface area contributed by atoms with E-state index in [-0.39, 0.29) is 11.5 Å². The molecule has 0 aliphatic carbocycles.